The molecule has 0 spiro atoms. The van der Waals surface area contributed by atoms with Gasteiger partial charge in [0.1, 0.15) is 0 Å². The first-order chi connectivity index (χ1) is 6.08. The molecule has 0 atom stereocenters. The van der Waals surface area contributed by atoms with Crippen LogP contribution in [0.25, 0.3) is 0 Å². The maximum atomic E-state index is 4.61. The third-order valence-electron chi connectivity index (χ3n) is 1.86. The Morgan fingerprint density at radius 2 is 2.00 bits per heavy atom. The fourth-order valence-electron chi connectivity index (χ4n) is 1.13. The van der Waals surface area contributed by atoms with E-state index < -0.39 is 0 Å². The zero-order chi connectivity index (χ0) is 9.90. The first-order valence-corrected chi connectivity index (χ1v) is 5.12. The molecule has 0 aromatic heterocycles. The predicted octanol–water partition coefficient (Wildman–Crippen LogP) is 3.79. The summed E-state index contributed by atoms with van der Waals surface area (Å²) < 4.78 is 1.05. The zero-order valence-electron chi connectivity index (χ0n) is 7.54. The minimum Gasteiger partial charge on any atom is -0.221 e. The lowest BCUT2D eigenvalue weighted by molar-refractivity contribution is 0.560. The molecule has 0 amide bonds. The Morgan fingerprint density at radius 3 is 2.54 bits per heavy atom. The normalized spacial score (nSPS) is 10.7. The van der Waals surface area contributed by atoms with Gasteiger partial charge in [0.05, 0.1) is 10.7 Å². The maximum Gasteiger partial charge on any atom is 0.0914 e. The summed E-state index contributed by atoms with van der Waals surface area (Å²) in [4.78, 5) is 4.12. The van der Waals surface area contributed by atoms with E-state index >= 15 is 0 Å². The lowest BCUT2D eigenvalue weighted by Crippen LogP contribution is -2.13. The monoisotopic (exact) mass is 255 g/mol. The summed E-state index contributed by atoms with van der Waals surface area (Å²) in [5.74, 6) is 0. The van der Waals surface area contributed by atoms with Gasteiger partial charge in [0.15, 0.2) is 0 Å². The molecule has 0 radical (unpaired) electrons. The maximum absolute atomic E-state index is 4.61. The standard InChI is InChI=1S/C10H10BrNS/c1-10(2,12-7-13)8-5-3-4-6-9(8)11/h3-6H,1-2H3. The van der Waals surface area contributed by atoms with Gasteiger partial charge < -0.3 is 0 Å². The van der Waals surface area contributed by atoms with Gasteiger partial charge in [0.25, 0.3) is 0 Å². The summed E-state index contributed by atoms with van der Waals surface area (Å²) >= 11 is 8.09. The second kappa shape index (κ2) is 4.14. The number of halogens is 1. The molecule has 0 aliphatic carbocycles. The van der Waals surface area contributed by atoms with Crippen LogP contribution in [0.2, 0.25) is 0 Å². The Hall–Kier alpha value is -0.500. The van der Waals surface area contributed by atoms with Crippen molar-refractivity contribution in [3.8, 4) is 0 Å². The van der Waals surface area contributed by atoms with Crippen molar-refractivity contribution in [2.24, 2.45) is 4.99 Å². The molecule has 68 valence electrons. The van der Waals surface area contributed by atoms with Crippen LogP contribution in [0.15, 0.2) is 33.7 Å². The number of isothiocyanates is 1. The first-order valence-electron chi connectivity index (χ1n) is 3.92. The topological polar surface area (TPSA) is 12.4 Å². The van der Waals surface area contributed by atoms with Crippen molar-refractivity contribution in [2.75, 3.05) is 0 Å². The molecule has 0 bridgehead atoms. The molecule has 0 heterocycles. The summed E-state index contributed by atoms with van der Waals surface area (Å²) in [7, 11) is 0. The number of hydrogen-bond donors (Lipinski definition) is 0. The van der Waals surface area contributed by atoms with Crippen LogP contribution in [-0.2, 0) is 5.54 Å². The van der Waals surface area contributed by atoms with E-state index in [9.17, 15) is 0 Å². The van der Waals surface area contributed by atoms with E-state index in [1.807, 2.05) is 38.1 Å². The Bertz CT molecular complexity index is 354. The smallest absolute Gasteiger partial charge is 0.0914 e. The highest BCUT2D eigenvalue weighted by Gasteiger charge is 2.20. The minimum absolute atomic E-state index is 0.304. The predicted molar refractivity (Wildman–Crippen MR) is 62.2 cm³/mol. The Balaban J connectivity index is 3.21. The van der Waals surface area contributed by atoms with E-state index in [-0.39, 0.29) is 5.54 Å². The second-order valence-corrected chi connectivity index (χ2v) is 4.28. The molecule has 0 aliphatic heterocycles. The molecule has 1 aromatic carbocycles. The summed E-state index contributed by atoms with van der Waals surface area (Å²) in [6.07, 6.45) is 0. The Labute approximate surface area is 92.0 Å². The quantitative estimate of drug-likeness (QED) is 0.579. The van der Waals surface area contributed by atoms with E-state index in [4.69, 9.17) is 0 Å². The van der Waals surface area contributed by atoms with Gasteiger partial charge in [-0.25, -0.2) is 4.99 Å². The van der Waals surface area contributed by atoms with E-state index in [0.29, 0.717) is 0 Å². The van der Waals surface area contributed by atoms with Gasteiger partial charge in [-0.3, -0.25) is 0 Å². The number of rotatable bonds is 2. The van der Waals surface area contributed by atoms with E-state index in [1.54, 1.807) is 0 Å². The highest BCUT2D eigenvalue weighted by molar-refractivity contribution is 9.10. The molecule has 0 N–H and O–H groups in total. The van der Waals surface area contributed by atoms with Gasteiger partial charge in [0, 0.05) is 4.47 Å². The minimum atomic E-state index is -0.304. The highest BCUT2D eigenvalue weighted by atomic mass is 79.9. The van der Waals surface area contributed by atoms with Crippen LogP contribution >= 0.6 is 28.1 Å². The van der Waals surface area contributed by atoms with Crippen molar-refractivity contribution in [3.05, 3.63) is 34.3 Å². The highest BCUT2D eigenvalue weighted by Crippen LogP contribution is 2.30. The SMILES string of the molecule is CC(C)(N=C=S)c1ccccc1Br. The summed E-state index contributed by atoms with van der Waals surface area (Å²) in [6, 6.07) is 7.99. The largest absolute Gasteiger partial charge is 0.221 e. The van der Waals surface area contributed by atoms with Crippen LogP contribution in [0.1, 0.15) is 19.4 Å². The fourth-order valence-corrected chi connectivity index (χ4v) is 2.13. The molecular formula is C10H10BrNS. The second-order valence-electron chi connectivity index (χ2n) is 3.24. The van der Waals surface area contributed by atoms with Crippen LogP contribution in [0.4, 0.5) is 0 Å². The van der Waals surface area contributed by atoms with E-state index in [0.717, 1.165) is 10.0 Å². The number of thiocarbonyl (C=S) groups is 1. The third kappa shape index (κ3) is 2.47. The van der Waals surface area contributed by atoms with E-state index in [2.05, 4.69) is 38.3 Å². The molecular weight excluding hydrogens is 246 g/mol. The Morgan fingerprint density at radius 1 is 1.38 bits per heavy atom. The molecule has 1 aromatic rings. The summed E-state index contributed by atoms with van der Waals surface area (Å²) in [6.45, 7) is 4.01. The molecule has 3 heteroatoms. The average Bonchev–Trinajstić information content (AvgIpc) is 2.04. The lowest BCUT2D eigenvalue weighted by atomic mass is 9.95. The van der Waals surface area contributed by atoms with Crippen LogP contribution < -0.4 is 0 Å². The van der Waals surface area contributed by atoms with Crippen LogP contribution in [0.5, 0.6) is 0 Å². The molecule has 1 rings (SSSR count). The Kier molecular flexibility index (Phi) is 3.37. The third-order valence-corrected chi connectivity index (χ3v) is 2.64. The number of nitrogens with zero attached hydrogens (tertiary/aromatic N) is 1. The molecule has 0 saturated carbocycles. The number of aliphatic imine (C=N–C) groups is 1. The summed E-state index contributed by atoms with van der Waals surface area (Å²) in [5, 5.41) is 2.42. The average molecular weight is 256 g/mol. The van der Waals surface area contributed by atoms with Crippen LogP contribution in [0, 0.1) is 0 Å². The molecule has 0 saturated heterocycles. The molecule has 0 unspecified atom stereocenters. The van der Waals surface area contributed by atoms with Gasteiger partial charge in [-0.2, -0.15) is 0 Å². The fraction of sp³-hybridized carbons (Fsp3) is 0.300. The molecule has 13 heavy (non-hydrogen) atoms. The van der Waals surface area contributed by atoms with Crippen molar-refractivity contribution < 1.29 is 0 Å². The van der Waals surface area contributed by atoms with Crippen LogP contribution in [-0.4, -0.2) is 5.16 Å². The zero-order valence-corrected chi connectivity index (χ0v) is 9.95. The molecule has 1 nitrogen and oxygen atoms in total. The van der Waals surface area contributed by atoms with Gasteiger partial charge in [0.2, 0.25) is 0 Å². The summed E-state index contributed by atoms with van der Waals surface area (Å²) in [5.41, 5.74) is 0.814. The van der Waals surface area contributed by atoms with Crippen molar-refractivity contribution in [1.82, 2.24) is 0 Å². The lowest BCUT2D eigenvalue weighted by Gasteiger charge is -2.19. The van der Waals surface area contributed by atoms with Crippen molar-refractivity contribution in [3.63, 3.8) is 0 Å². The van der Waals surface area contributed by atoms with Gasteiger partial charge in [-0.15, -0.1) is 0 Å². The van der Waals surface area contributed by atoms with Crippen LogP contribution in [0.3, 0.4) is 0 Å². The molecule has 0 fully saturated rings. The number of hydrogen-bond acceptors (Lipinski definition) is 2. The van der Waals surface area contributed by atoms with Crippen molar-refractivity contribution in [2.45, 2.75) is 19.4 Å². The van der Waals surface area contributed by atoms with Crippen molar-refractivity contribution in [1.29, 1.82) is 0 Å². The van der Waals surface area contributed by atoms with Gasteiger partial charge in [-0.1, -0.05) is 34.1 Å². The first kappa shape index (κ1) is 10.6. The number of benzene rings is 1. The van der Waals surface area contributed by atoms with Gasteiger partial charge >= 0.3 is 0 Å². The van der Waals surface area contributed by atoms with Gasteiger partial charge in [-0.05, 0) is 37.7 Å². The molecule has 0 aliphatic rings. The van der Waals surface area contributed by atoms with Crippen molar-refractivity contribution >= 4 is 33.3 Å². The van der Waals surface area contributed by atoms with E-state index in [1.165, 1.54) is 0 Å².